The standard InChI is InChI=1S/C12H15NO3/c1-8-7-9(3-5-11(8)16-2)10(13)4-6-12(14)15/h3-7,10H,13H2,1-2H3,(H,14,15)/b6-4+. The minimum atomic E-state index is -0.999. The third kappa shape index (κ3) is 3.10. The molecule has 1 rings (SSSR count). The fourth-order valence-electron chi connectivity index (χ4n) is 1.41. The van der Waals surface area contributed by atoms with Crippen LogP contribution in [0.3, 0.4) is 0 Å². The molecule has 1 aromatic carbocycles. The highest BCUT2D eigenvalue weighted by Crippen LogP contribution is 2.21. The summed E-state index contributed by atoms with van der Waals surface area (Å²) in [6.45, 7) is 1.91. The van der Waals surface area contributed by atoms with Crippen molar-refractivity contribution < 1.29 is 14.6 Å². The topological polar surface area (TPSA) is 72.5 Å². The summed E-state index contributed by atoms with van der Waals surface area (Å²) in [5.74, 6) is -0.209. The molecular weight excluding hydrogens is 206 g/mol. The second kappa shape index (κ2) is 5.32. The molecule has 0 spiro atoms. The van der Waals surface area contributed by atoms with Gasteiger partial charge in [-0.15, -0.1) is 0 Å². The molecule has 0 heterocycles. The van der Waals surface area contributed by atoms with Crippen molar-refractivity contribution >= 4 is 5.97 Å². The van der Waals surface area contributed by atoms with Crippen molar-refractivity contribution in [1.29, 1.82) is 0 Å². The number of rotatable bonds is 4. The molecule has 4 nitrogen and oxygen atoms in total. The van der Waals surface area contributed by atoms with Gasteiger partial charge < -0.3 is 15.6 Å². The van der Waals surface area contributed by atoms with Crippen LogP contribution in [0.15, 0.2) is 30.4 Å². The van der Waals surface area contributed by atoms with E-state index in [0.29, 0.717) is 0 Å². The van der Waals surface area contributed by atoms with Crippen LogP contribution >= 0.6 is 0 Å². The summed E-state index contributed by atoms with van der Waals surface area (Å²) >= 11 is 0. The average molecular weight is 221 g/mol. The van der Waals surface area contributed by atoms with Crippen LogP contribution in [0.5, 0.6) is 5.75 Å². The fourth-order valence-corrected chi connectivity index (χ4v) is 1.41. The highest BCUT2D eigenvalue weighted by atomic mass is 16.5. The number of ether oxygens (including phenoxy) is 1. The van der Waals surface area contributed by atoms with Crippen LogP contribution in [0, 0.1) is 6.92 Å². The number of carboxylic acids is 1. The molecule has 4 heteroatoms. The van der Waals surface area contributed by atoms with Crippen LogP contribution in [0.4, 0.5) is 0 Å². The Kier molecular flexibility index (Phi) is 4.08. The first kappa shape index (κ1) is 12.3. The van der Waals surface area contributed by atoms with Crippen molar-refractivity contribution in [2.75, 3.05) is 7.11 Å². The van der Waals surface area contributed by atoms with Crippen LogP contribution in [-0.4, -0.2) is 18.2 Å². The maximum atomic E-state index is 10.3. The average Bonchev–Trinajstić information content (AvgIpc) is 2.25. The summed E-state index contributed by atoms with van der Waals surface area (Å²) in [6.07, 6.45) is 2.49. The first-order valence-electron chi connectivity index (χ1n) is 4.86. The van der Waals surface area contributed by atoms with Gasteiger partial charge in [-0.05, 0) is 24.1 Å². The maximum absolute atomic E-state index is 10.3. The Morgan fingerprint density at radius 1 is 1.56 bits per heavy atom. The SMILES string of the molecule is COc1ccc(C(N)/C=C/C(=O)O)cc1C. The molecule has 1 unspecified atom stereocenters. The summed E-state index contributed by atoms with van der Waals surface area (Å²) in [4.78, 5) is 10.3. The van der Waals surface area contributed by atoms with Gasteiger partial charge in [-0.2, -0.15) is 0 Å². The Hall–Kier alpha value is -1.81. The van der Waals surface area contributed by atoms with Crippen molar-refractivity contribution in [3.05, 3.63) is 41.5 Å². The van der Waals surface area contributed by atoms with Gasteiger partial charge in [0.05, 0.1) is 7.11 Å². The summed E-state index contributed by atoms with van der Waals surface area (Å²) in [6, 6.07) is 5.11. The molecular formula is C12H15NO3. The van der Waals surface area contributed by atoms with E-state index >= 15 is 0 Å². The molecule has 0 saturated carbocycles. The van der Waals surface area contributed by atoms with Gasteiger partial charge in [0.15, 0.2) is 0 Å². The Labute approximate surface area is 94.3 Å². The Bertz CT molecular complexity index is 413. The van der Waals surface area contributed by atoms with Gasteiger partial charge in [0.1, 0.15) is 5.75 Å². The normalized spacial score (nSPS) is 12.7. The van der Waals surface area contributed by atoms with Crippen molar-refractivity contribution in [1.82, 2.24) is 0 Å². The van der Waals surface area contributed by atoms with E-state index in [4.69, 9.17) is 15.6 Å². The van der Waals surface area contributed by atoms with Gasteiger partial charge in [0.25, 0.3) is 0 Å². The Morgan fingerprint density at radius 2 is 2.25 bits per heavy atom. The molecule has 86 valence electrons. The van der Waals surface area contributed by atoms with Gasteiger partial charge in [0.2, 0.25) is 0 Å². The summed E-state index contributed by atoms with van der Waals surface area (Å²) < 4.78 is 5.12. The smallest absolute Gasteiger partial charge is 0.328 e. The number of aryl methyl sites for hydroxylation is 1. The van der Waals surface area contributed by atoms with E-state index in [9.17, 15) is 4.79 Å². The number of aliphatic carboxylic acids is 1. The van der Waals surface area contributed by atoms with Crippen molar-refractivity contribution in [3.63, 3.8) is 0 Å². The van der Waals surface area contributed by atoms with Crippen molar-refractivity contribution in [3.8, 4) is 5.75 Å². The molecule has 0 fully saturated rings. The van der Waals surface area contributed by atoms with Gasteiger partial charge in [0, 0.05) is 12.1 Å². The first-order chi connectivity index (χ1) is 7.54. The number of methoxy groups -OCH3 is 1. The molecule has 0 aliphatic heterocycles. The lowest BCUT2D eigenvalue weighted by molar-refractivity contribution is -0.131. The van der Waals surface area contributed by atoms with E-state index in [0.717, 1.165) is 23.0 Å². The Balaban J connectivity index is 2.88. The monoisotopic (exact) mass is 221 g/mol. The van der Waals surface area contributed by atoms with Crippen LogP contribution in [-0.2, 0) is 4.79 Å². The van der Waals surface area contributed by atoms with E-state index in [1.165, 1.54) is 6.08 Å². The lowest BCUT2D eigenvalue weighted by Gasteiger charge is -2.10. The predicted octanol–water partition coefficient (Wildman–Crippen LogP) is 1.64. The minimum absolute atomic E-state index is 0.416. The highest BCUT2D eigenvalue weighted by molar-refractivity contribution is 5.79. The molecule has 0 radical (unpaired) electrons. The molecule has 0 aliphatic carbocycles. The van der Waals surface area contributed by atoms with Gasteiger partial charge >= 0.3 is 5.97 Å². The molecule has 0 aliphatic rings. The number of carbonyl (C=O) groups is 1. The molecule has 0 bridgehead atoms. The van der Waals surface area contributed by atoms with Crippen LogP contribution < -0.4 is 10.5 Å². The summed E-state index contributed by atoms with van der Waals surface area (Å²) in [5.41, 5.74) is 7.64. The summed E-state index contributed by atoms with van der Waals surface area (Å²) in [7, 11) is 1.60. The predicted molar refractivity (Wildman–Crippen MR) is 61.4 cm³/mol. The second-order valence-electron chi connectivity index (χ2n) is 3.45. The number of carboxylic acid groups (broad SMARTS) is 1. The fraction of sp³-hybridized carbons (Fsp3) is 0.250. The largest absolute Gasteiger partial charge is 0.496 e. The summed E-state index contributed by atoms with van der Waals surface area (Å²) in [5, 5.41) is 8.48. The van der Waals surface area contributed by atoms with Gasteiger partial charge in [-0.25, -0.2) is 4.79 Å². The highest BCUT2D eigenvalue weighted by Gasteiger charge is 2.05. The molecule has 16 heavy (non-hydrogen) atoms. The molecule has 3 N–H and O–H groups in total. The third-order valence-corrected chi connectivity index (χ3v) is 2.25. The minimum Gasteiger partial charge on any atom is -0.496 e. The molecule has 1 aromatic rings. The van der Waals surface area contributed by atoms with Gasteiger partial charge in [-0.1, -0.05) is 18.2 Å². The number of nitrogens with two attached hydrogens (primary N) is 1. The maximum Gasteiger partial charge on any atom is 0.328 e. The van der Waals surface area contributed by atoms with Crippen LogP contribution in [0.2, 0.25) is 0 Å². The number of hydrogen-bond acceptors (Lipinski definition) is 3. The molecule has 1 atom stereocenters. The van der Waals surface area contributed by atoms with Gasteiger partial charge in [-0.3, -0.25) is 0 Å². The third-order valence-electron chi connectivity index (χ3n) is 2.25. The van der Waals surface area contributed by atoms with E-state index in [-0.39, 0.29) is 0 Å². The number of benzene rings is 1. The van der Waals surface area contributed by atoms with E-state index in [1.807, 2.05) is 25.1 Å². The van der Waals surface area contributed by atoms with Crippen molar-refractivity contribution in [2.24, 2.45) is 5.73 Å². The molecule has 0 aromatic heterocycles. The molecule has 0 amide bonds. The van der Waals surface area contributed by atoms with Crippen LogP contribution in [0.25, 0.3) is 0 Å². The first-order valence-corrected chi connectivity index (χ1v) is 4.86. The lowest BCUT2D eigenvalue weighted by atomic mass is 10.0. The van der Waals surface area contributed by atoms with E-state index < -0.39 is 12.0 Å². The lowest BCUT2D eigenvalue weighted by Crippen LogP contribution is -2.08. The number of hydrogen-bond donors (Lipinski definition) is 2. The van der Waals surface area contributed by atoms with E-state index in [2.05, 4.69) is 0 Å². The zero-order valence-corrected chi connectivity index (χ0v) is 9.31. The second-order valence-corrected chi connectivity index (χ2v) is 3.45. The zero-order chi connectivity index (χ0) is 12.1. The molecule has 0 saturated heterocycles. The van der Waals surface area contributed by atoms with Crippen LogP contribution in [0.1, 0.15) is 17.2 Å². The van der Waals surface area contributed by atoms with Crippen molar-refractivity contribution in [2.45, 2.75) is 13.0 Å². The van der Waals surface area contributed by atoms with E-state index in [1.54, 1.807) is 7.11 Å². The quantitative estimate of drug-likeness (QED) is 0.758. The zero-order valence-electron chi connectivity index (χ0n) is 9.31. The Morgan fingerprint density at radius 3 is 2.75 bits per heavy atom.